The van der Waals surface area contributed by atoms with Crippen molar-refractivity contribution in [2.45, 2.75) is 39.7 Å². The maximum absolute atomic E-state index is 13.2. The largest absolute Gasteiger partial charge is 0.416 e. The van der Waals surface area contributed by atoms with E-state index in [9.17, 15) is 17.6 Å². The second kappa shape index (κ2) is 10.4. The molecule has 2 N–H and O–H groups in total. The van der Waals surface area contributed by atoms with Gasteiger partial charge in [-0.05, 0) is 31.5 Å². The zero-order chi connectivity index (χ0) is 19.2. The van der Waals surface area contributed by atoms with E-state index in [1.165, 1.54) is 0 Å². The van der Waals surface area contributed by atoms with Crippen molar-refractivity contribution in [2.75, 3.05) is 6.54 Å². The Labute approximate surface area is 171 Å². The number of rotatable bonds is 6. The molecule has 27 heavy (non-hydrogen) atoms. The molecule has 0 bridgehead atoms. The van der Waals surface area contributed by atoms with E-state index in [0.29, 0.717) is 37.5 Å². The number of halogens is 5. The van der Waals surface area contributed by atoms with Crippen LogP contribution in [0.25, 0.3) is 0 Å². The number of nitrogens with zero attached hydrogens (tertiary/aromatic N) is 4. The molecule has 6 nitrogen and oxygen atoms in total. The summed E-state index contributed by atoms with van der Waals surface area (Å²) in [6.45, 7) is 5.08. The van der Waals surface area contributed by atoms with Gasteiger partial charge in [0, 0.05) is 13.1 Å². The summed E-state index contributed by atoms with van der Waals surface area (Å²) in [7, 11) is 0. The summed E-state index contributed by atoms with van der Waals surface area (Å²) >= 11 is 0. The molecule has 0 aliphatic heterocycles. The van der Waals surface area contributed by atoms with Crippen LogP contribution < -0.4 is 10.6 Å². The first kappa shape index (κ1) is 23.1. The molecule has 150 valence electrons. The fraction of sp³-hybridized carbons (Fsp3) is 0.438. The Morgan fingerprint density at radius 2 is 1.96 bits per heavy atom. The van der Waals surface area contributed by atoms with Crippen LogP contribution >= 0.6 is 24.0 Å². The molecule has 0 atom stereocenters. The lowest BCUT2D eigenvalue weighted by Gasteiger charge is -2.14. The van der Waals surface area contributed by atoms with Crippen LogP contribution in [0.4, 0.5) is 17.6 Å². The maximum atomic E-state index is 13.2. The van der Waals surface area contributed by atoms with Gasteiger partial charge in [0.1, 0.15) is 12.1 Å². The molecule has 0 saturated heterocycles. The molecule has 11 heteroatoms. The predicted molar refractivity (Wildman–Crippen MR) is 104 cm³/mol. The summed E-state index contributed by atoms with van der Waals surface area (Å²) in [5.74, 6) is 0.0699. The van der Waals surface area contributed by atoms with Gasteiger partial charge in [-0.25, -0.2) is 9.38 Å². The van der Waals surface area contributed by atoms with E-state index in [4.69, 9.17) is 0 Å². The van der Waals surface area contributed by atoms with Crippen LogP contribution in [0.5, 0.6) is 0 Å². The topological polar surface area (TPSA) is 67.1 Å². The quantitative estimate of drug-likeness (QED) is 0.277. The summed E-state index contributed by atoms with van der Waals surface area (Å²) in [5.41, 5.74) is -1.13. The van der Waals surface area contributed by atoms with E-state index in [1.54, 1.807) is 6.33 Å². The number of hydrogen-bond donors (Lipinski definition) is 2. The molecule has 0 spiro atoms. The number of hydrogen-bond acceptors (Lipinski definition) is 3. The standard InChI is InChI=1S/C16H20F4N6.HI/c1-3-21-15(23-9-14-25-24-10-26(14)4-2)22-8-11-5-6-12(17)7-13(11)16(18,19)20;/h5-7,10H,3-4,8-9H2,1-2H3,(H2,21,22,23);1H. The van der Waals surface area contributed by atoms with Gasteiger partial charge in [0.25, 0.3) is 0 Å². The fourth-order valence-corrected chi connectivity index (χ4v) is 2.30. The molecule has 0 aliphatic rings. The van der Waals surface area contributed by atoms with E-state index < -0.39 is 17.6 Å². The fourth-order valence-electron chi connectivity index (χ4n) is 2.30. The third-order valence-corrected chi connectivity index (χ3v) is 3.58. The number of alkyl halides is 3. The normalized spacial score (nSPS) is 11.9. The Morgan fingerprint density at radius 3 is 2.59 bits per heavy atom. The van der Waals surface area contributed by atoms with Crippen molar-refractivity contribution in [1.29, 1.82) is 0 Å². The first-order chi connectivity index (χ1) is 12.3. The van der Waals surface area contributed by atoms with Gasteiger partial charge in [0.15, 0.2) is 11.8 Å². The molecule has 1 aromatic carbocycles. The van der Waals surface area contributed by atoms with Crippen LogP contribution in [0.2, 0.25) is 0 Å². The summed E-state index contributed by atoms with van der Waals surface area (Å²) in [6.07, 6.45) is -3.05. The highest BCUT2D eigenvalue weighted by molar-refractivity contribution is 14.0. The van der Waals surface area contributed by atoms with Crippen LogP contribution in [0, 0.1) is 5.82 Å². The van der Waals surface area contributed by atoms with Gasteiger partial charge in [-0.15, -0.1) is 34.2 Å². The summed E-state index contributed by atoms with van der Waals surface area (Å²) in [4.78, 5) is 4.16. The SMILES string of the molecule is CCNC(=NCc1ccc(F)cc1C(F)(F)F)NCc1nncn1CC.I. The molecular formula is C16H21F4IN6. The van der Waals surface area contributed by atoms with Crippen molar-refractivity contribution in [2.24, 2.45) is 4.99 Å². The lowest BCUT2D eigenvalue weighted by atomic mass is 10.1. The van der Waals surface area contributed by atoms with Gasteiger partial charge in [-0.3, -0.25) is 0 Å². The van der Waals surface area contributed by atoms with Gasteiger partial charge in [0.2, 0.25) is 0 Å². The van der Waals surface area contributed by atoms with Crippen molar-refractivity contribution >= 4 is 29.9 Å². The predicted octanol–water partition coefficient (Wildman–Crippen LogP) is 3.33. The van der Waals surface area contributed by atoms with E-state index in [-0.39, 0.29) is 36.1 Å². The number of aromatic nitrogens is 3. The zero-order valence-electron chi connectivity index (χ0n) is 14.8. The Kier molecular flexibility index (Phi) is 8.93. The van der Waals surface area contributed by atoms with Crippen molar-refractivity contribution in [3.63, 3.8) is 0 Å². The number of aliphatic imine (C=N–C) groups is 1. The average Bonchev–Trinajstić information content (AvgIpc) is 3.05. The molecule has 0 radical (unpaired) electrons. The highest BCUT2D eigenvalue weighted by Gasteiger charge is 2.33. The van der Waals surface area contributed by atoms with Crippen LogP contribution in [-0.2, 0) is 25.8 Å². The second-order valence-electron chi connectivity index (χ2n) is 5.38. The molecule has 0 aliphatic carbocycles. The number of nitrogens with one attached hydrogen (secondary N) is 2. The lowest BCUT2D eigenvalue weighted by molar-refractivity contribution is -0.138. The van der Waals surface area contributed by atoms with Crippen LogP contribution in [0.15, 0.2) is 29.5 Å². The number of aryl methyl sites for hydroxylation is 1. The Balaban J connectivity index is 0.00000364. The molecule has 0 fully saturated rings. The highest BCUT2D eigenvalue weighted by Crippen LogP contribution is 2.32. The molecule has 1 aromatic heterocycles. The van der Waals surface area contributed by atoms with Gasteiger partial charge in [-0.1, -0.05) is 6.07 Å². The van der Waals surface area contributed by atoms with Crippen molar-refractivity contribution in [3.8, 4) is 0 Å². The van der Waals surface area contributed by atoms with Crippen LogP contribution in [-0.4, -0.2) is 27.3 Å². The summed E-state index contributed by atoms with van der Waals surface area (Å²) in [6, 6.07) is 2.57. The maximum Gasteiger partial charge on any atom is 0.416 e. The number of guanidine groups is 1. The minimum Gasteiger partial charge on any atom is -0.357 e. The molecule has 2 aromatic rings. The average molecular weight is 500 g/mol. The zero-order valence-corrected chi connectivity index (χ0v) is 17.2. The van der Waals surface area contributed by atoms with Gasteiger partial charge >= 0.3 is 6.18 Å². The number of benzene rings is 1. The molecule has 0 unspecified atom stereocenters. The summed E-state index contributed by atoms with van der Waals surface area (Å²) in [5, 5.41) is 13.7. The molecule has 2 rings (SSSR count). The molecule has 0 amide bonds. The molecular weight excluding hydrogens is 479 g/mol. The van der Waals surface area contributed by atoms with E-state index in [0.717, 1.165) is 12.1 Å². The Bertz CT molecular complexity index is 760. The van der Waals surface area contributed by atoms with Gasteiger partial charge in [0.05, 0.1) is 18.7 Å². The van der Waals surface area contributed by atoms with Crippen LogP contribution in [0.1, 0.15) is 30.8 Å². The van der Waals surface area contributed by atoms with Crippen molar-refractivity contribution < 1.29 is 17.6 Å². The molecule has 1 heterocycles. The Hall–Kier alpha value is -1.92. The summed E-state index contributed by atoms with van der Waals surface area (Å²) < 4.78 is 54.2. The van der Waals surface area contributed by atoms with E-state index in [2.05, 4.69) is 25.8 Å². The first-order valence-corrected chi connectivity index (χ1v) is 8.09. The second-order valence-corrected chi connectivity index (χ2v) is 5.38. The highest BCUT2D eigenvalue weighted by atomic mass is 127. The third-order valence-electron chi connectivity index (χ3n) is 3.58. The third kappa shape index (κ3) is 6.63. The van der Waals surface area contributed by atoms with Gasteiger partial charge < -0.3 is 15.2 Å². The lowest BCUT2D eigenvalue weighted by Crippen LogP contribution is -2.37. The monoisotopic (exact) mass is 500 g/mol. The molecule has 0 saturated carbocycles. The minimum absolute atomic E-state index is 0. The van der Waals surface area contributed by atoms with Crippen LogP contribution in [0.3, 0.4) is 0 Å². The first-order valence-electron chi connectivity index (χ1n) is 8.09. The van der Waals surface area contributed by atoms with E-state index in [1.807, 2.05) is 18.4 Å². The minimum atomic E-state index is -4.64. The smallest absolute Gasteiger partial charge is 0.357 e. The van der Waals surface area contributed by atoms with Crippen molar-refractivity contribution in [3.05, 3.63) is 47.3 Å². The van der Waals surface area contributed by atoms with Gasteiger partial charge in [-0.2, -0.15) is 13.2 Å². The van der Waals surface area contributed by atoms with E-state index >= 15 is 0 Å². The Morgan fingerprint density at radius 1 is 1.22 bits per heavy atom. The van der Waals surface area contributed by atoms with Crippen molar-refractivity contribution in [1.82, 2.24) is 25.4 Å².